The molecule has 2 aromatic carbocycles. The van der Waals surface area contributed by atoms with Crippen LogP contribution in [0.4, 0.5) is 10.5 Å². The summed E-state index contributed by atoms with van der Waals surface area (Å²) in [6.07, 6.45) is 9.65. The van der Waals surface area contributed by atoms with Gasteiger partial charge >= 0.3 is 6.03 Å². The van der Waals surface area contributed by atoms with Gasteiger partial charge in [0.05, 0.1) is 11.6 Å². The number of carbonyl (C=O) groups excluding carboxylic acids is 2. The van der Waals surface area contributed by atoms with Gasteiger partial charge in [0.1, 0.15) is 0 Å². The minimum atomic E-state index is -0.817. The first kappa shape index (κ1) is 28.8. The summed E-state index contributed by atoms with van der Waals surface area (Å²) in [7, 11) is 3.50. The van der Waals surface area contributed by atoms with Gasteiger partial charge in [-0.2, -0.15) is 0 Å². The molecule has 0 bridgehead atoms. The molecule has 1 saturated heterocycles. The molecule has 1 aliphatic heterocycles. The summed E-state index contributed by atoms with van der Waals surface area (Å²) >= 11 is 0. The molecule has 3 aromatic rings. The molecule has 1 unspecified atom stereocenters. The van der Waals surface area contributed by atoms with Crippen molar-refractivity contribution in [3.05, 3.63) is 90.3 Å². The molecule has 2 aliphatic rings. The molecule has 8 nitrogen and oxygen atoms in total. The third-order valence-electron chi connectivity index (χ3n) is 8.92. The molecular weight excluding hydrogens is 514 g/mol. The molecule has 0 radical (unpaired) electrons. The summed E-state index contributed by atoms with van der Waals surface area (Å²) in [6.45, 7) is 6.44. The Morgan fingerprint density at radius 2 is 1.85 bits per heavy atom. The fraction of sp³-hybridized carbons (Fsp3) is 0.394. The standard InChI is InChI=1S/C33H41N5O3/c1-4-27(36(3)28-9-10-31-26(19-28)13-16-38(31)33(41)35-2)20-30(34)32(40)25-7-5-23(6-8-25)24-11-14-37(15-12-24)29-17-22(18-29)21-39/h4-10,13,16,19-20,22,24,29-30,39H,1,11-12,14-15,17-18,21,34H2,2-3H3,(H,35,41)/b27-20+. The number of piperidine rings is 1. The highest BCUT2D eigenvalue weighted by Gasteiger charge is 2.35. The number of likely N-dealkylation sites (N-methyl/N-ethyl adjacent to an activating group) is 1. The lowest BCUT2D eigenvalue weighted by atomic mass is 9.78. The largest absolute Gasteiger partial charge is 0.396 e. The zero-order valence-corrected chi connectivity index (χ0v) is 24.0. The van der Waals surface area contributed by atoms with Gasteiger partial charge in [0, 0.05) is 55.3 Å². The Kier molecular flexibility index (Phi) is 8.73. The van der Waals surface area contributed by atoms with E-state index in [9.17, 15) is 14.7 Å². The zero-order valence-electron chi connectivity index (χ0n) is 24.0. The number of aliphatic hydroxyl groups is 1. The molecule has 8 heteroatoms. The number of nitrogens with zero attached hydrogens (tertiary/aromatic N) is 3. The van der Waals surface area contributed by atoms with Crippen molar-refractivity contribution < 1.29 is 14.7 Å². The van der Waals surface area contributed by atoms with E-state index >= 15 is 0 Å². The quantitative estimate of drug-likeness (QED) is 0.265. The first-order valence-corrected chi connectivity index (χ1v) is 14.5. The molecule has 1 amide bonds. The maximum atomic E-state index is 13.2. The van der Waals surface area contributed by atoms with Crippen molar-refractivity contribution in [2.75, 3.05) is 38.7 Å². The molecule has 2 heterocycles. The highest BCUT2D eigenvalue weighted by molar-refractivity contribution is 6.01. The number of ketones is 1. The molecule has 0 spiro atoms. The number of hydrogen-bond acceptors (Lipinski definition) is 6. The maximum absolute atomic E-state index is 13.2. The van der Waals surface area contributed by atoms with Gasteiger partial charge in [0.15, 0.2) is 5.78 Å². The number of rotatable bonds is 9. The highest BCUT2D eigenvalue weighted by Crippen LogP contribution is 2.36. The SMILES string of the molecule is C=C/C(=C\C(N)C(=O)c1ccc(C2CCN(C3CC(CO)C3)CC2)cc1)N(C)c1ccc2c(ccn2C(=O)NC)c1. The maximum Gasteiger partial charge on any atom is 0.325 e. The number of likely N-dealkylation sites (tertiary alicyclic amines) is 1. The smallest absolute Gasteiger partial charge is 0.325 e. The number of allylic oxidation sites excluding steroid dienone is 1. The van der Waals surface area contributed by atoms with E-state index in [2.05, 4.69) is 28.9 Å². The van der Waals surface area contributed by atoms with Crippen molar-refractivity contribution in [3.63, 3.8) is 0 Å². The van der Waals surface area contributed by atoms with Crippen molar-refractivity contribution in [1.82, 2.24) is 14.8 Å². The number of fused-ring (bicyclic) bond motifs is 1. The monoisotopic (exact) mass is 555 g/mol. The lowest BCUT2D eigenvalue weighted by Crippen LogP contribution is -2.48. The van der Waals surface area contributed by atoms with Crippen molar-refractivity contribution in [3.8, 4) is 0 Å². The fourth-order valence-corrected chi connectivity index (χ4v) is 6.22. The normalized spacial score (nSPS) is 20.8. The van der Waals surface area contributed by atoms with Gasteiger partial charge in [-0.3, -0.25) is 9.36 Å². The number of nitrogens with two attached hydrogens (primary N) is 1. The summed E-state index contributed by atoms with van der Waals surface area (Å²) in [4.78, 5) is 29.8. The van der Waals surface area contributed by atoms with Crippen LogP contribution in [0.25, 0.3) is 10.9 Å². The number of aliphatic hydroxyl groups excluding tert-OH is 1. The van der Waals surface area contributed by atoms with Crippen LogP contribution in [-0.2, 0) is 0 Å². The predicted octanol–water partition coefficient (Wildman–Crippen LogP) is 4.50. The second-order valence-corrected chi connectivity index (χ2v) is 11.3. The van der Waals surface area contributed by atoms with Crippen LogP contribution in [0, 0.1) is 5.92 Å². The number of aromatic nitrogens is 1. The predicted molar refractivity (Wildman–Crippen MR) is 164 cm³/mol. The number of hydrogen-bond donors (Lipinski definition) is 3. The van der Waals surface area contributed by atoms with E-state index in [0.29, 0.717) is 30.0 Å². The van der Waals surface area contributed by atoms with Crippen LogP contribution in [0.3, 0.4) is 0 Å². The minimum absolute atomic E-state index is 0.138. The van der Waals surface area contributed by atoms with Crippen LogP contribution >= 0.6 is 0 Å². The Hall–Kier alpha value is -3.72. The van der Waals surface area contributed by atoms with Gasteiger partial charge in [-0.15, -0.1) is 0 Å². The second-order valence-electron chi connectivity index (χ2n) is 11.3. The zero-order chi connectivity index (χ0) is 29.1. The van der Waals surface area contributed by atoms with Crippen LogP contribution in [0.5, 0.6) is 0 Å². The molecule has 216 valence electrons. The van der Waals surface area contributed by atoms with E-state index in [0.717, 1.165) is 61.1 Å². The van der Waals surface area contributed by atoms with Crippen molar-refractivity contribution in [1.29, 1.82) is 0 Å². The van der Waals surface area contributed by atoms with Gasteiger partial charge in [0.25, 0.3) is 0 Å². The Balaban J connectivity index is 1.21. The Morgan fingerprint density at radius 3 is 2.49 bits per heavy atom. The Bertz CT molecular complexity index is 1430. The van der Waals surface area contributed by atoms with Gasteiger partial charge < -0.3 is 26.0 Å². The van der Waals surface area contributed by atoms with Gasteiger partial charge in [0.2, 0.25) is 0 Å². The summed E-state index contributed by atoms with van der Waals surface area (Å²) in [5, 5.41) is 12.9. The molecule has 5 rings (SSSR count). The minimum Gasteiger partial charge on any atom is -0.396 e. The van der Waals surface area contributed by atoms with Crippen LogP contribution < -0.4 is 16.0 Å². The number of benzene rings is 2. The number of anilines is 1. The average molecular weight is 556 g/mol. The van der Waals surface area contributed by atoms with Gasteiger partial charge in [-0.25, -0.2) is 4.79 Å². The van der Waals surface area contributed by atoms with E-state index < -0.39 is 6.04 Å². The molecule has 1 aromatic heterocycles. The van der Waals surface area contributed by atoms with Crippen molar-refractivity contribution >= 4 is 28.4 Å². The van der Waals surface area contributed by atoms with E-state index in [-0.39, 0.29) is 11.8 Å². The number of carbonyl (C=O) groups is 2. The summed E-state index contributed by atoms with van der Waals surface area (Å²) < 4.78 is 1.56. The lowest BCUT2D eigenvalue weighted by Gasteiger charge is -2.45. The molecule has 2 fully saturated rings. The first-order chi connectivity index (χ1) is 19.8. The molecule has 41 heavy (non-hydrogen) atoms. The van der Waals surface area contributed by atoms with Crippen molar-refractivity contribution in [2.45, 2.75) is 43.7 Å². The van der Waals surface area contributed by atoms with Crippen LogP contribution in [-0.4, -0.2) is 72.3 Å². The van der Waals surface area contributed by atoms with E-state index in [1.54, 1.807) is 30.0 Å². The topological polar surface area (TPSA) is 104 Å². The number of amides is 1. The first-order valence-electron chi connectivity index (χ1n) is 14.5. The average Bonchev–Trinajstić information content (AvgIpc) is 3.42. The lowest BCUT2D eigenvalue weighted by molar-refractivity contribution is 0.0311. The van der Waals surface area contributed by atoms with E-state index in [4.69, 9.17) is 5.73 Å². The number of nitrogens with one attached hydrogen (secondary N) is 1. The molecule has 1 aliphatic carbocycles. The fourth-order valence-electron chi connectivity index (χ4n) is 6.22. The Labute approximate surface area is 242 Å². The second kappa shape index (κ2) is 12.4. The van der Waals surface area contributed by atoms with Gasteiger partial charge in [-0.05, 0) is 92.6 Å². The highest BCUT2D eigenvalue weighted by atomic mass is 16.3. The van der Waals surface area contributed by atoms with Crippen LogP contribution in [0.15, 0.2) is 79.2 Å². The summed E-state index contributed by atoms with van der Waals surface area (Å²) in [5.74, 6) is 0.858. The third-order valence-corrected chi connectivity index (χ3v) is 8.92. The molecular formula is C33H41N5O3. The number of Topliss-reactive ketones (excluding diaryl/α,β-unsaturated/α-hetero) is 1. The molecule has 1 saturated carbocycles. The third kappa shape index (κ3) is 6.00. The van der Waals surface area contributed by atoms with Gasteiger partial charge in [-0.1, -0.05) is 30.8 Å². The van der Waals surface area contributed by atoms with Crippen molar-refractivity contribution in [2.24, 2.45) is 11.7 Å². The summed E-state index contributed by atoms with van der Waals surface area (Å²) in [5.41, 5.74) is 10.7. The van der Waals surface area contributed by atoms with Crippen LogP contribution in [0.1, 0.15) is 47.5 Å². The van der Waals surface area contributed by atoms with E-state index in [1.807, 2.05) is 48.3 Å². The summed E-state index contributed by atoms with van der Waals surface area (Å²) in [6, 6.07) is 15.3. The Morgan fingerprint density at radius 1 is 1.15 bits per heavy atom. The molecule has 4 N–H and O–H groups in total. The van der Waals surface area contributed by atoms with E-state index in [1.165, 1.54) is 5.56 Å². The molecule has 1 atom stereocenters. The van der Waals surface area contributed by atoms with Crippen LogP contribution in [0.2, 0.25) is 0 Å².